The number of ether oxygens (including phenoxy) is 1. The highest BCUT2D eigenvalue weighted by atomic mass is 19.1. The fourth-order valence-electron chi connectivity index (χ4n) is 4.22. The number of nitrogens with zero attached hydrogens (tertiary/aromatic N) is 4. The van der Waals surface area contributed by atoms with Crippen molar-refractivity contribution in [1.82, 2.24) is 14.9 Å². The van der Waals surface area contributed by atoms with E-state index in [1.165, 1.54) is 18.5 Å². The molecule has 0 radical (unpaired) electrons. The highest BCUT2D eigenvalue weighted by Gasteiger charge is 2.41. The quantitative estimate of drug-likeness (QED) is 0.774. The SMILES string of the molecule is [C-]#[N+]c1ccc([C@@H](C)Nc2ncc(C(=O)N3CCC4(CCOCC4)C3)cn2)c(F)c1. The molecule has 8 heteroatoms. The molecule has 2 aromatic rings. The number of hydrogen-bond donors (Lipinski definition) is 1. The van der Waals surface area contributed by atoms with Crippen molar-refractivity contribution < 1.29 is 13.9 Å². The van der Waals surface area contributed by atoms with Gasteiger partial charge in [0.05, 0.1) is 18.2 Å². The lowest BCUT2D eigenvalue weighted by Crippen LogP contribution is -2.35. The molecule has 0 unspecified atom stereocenters. The van der Waals surface area contributed by atoms with E-state index in [9.17, 15) is 9.18 Å². The average molecular weight is 409 g/mol. The largest absolute Gasteiger partial charge is 0.381 e. The maximum Gasteiger partial charge on any atom is 0.257 e. The standard InChI is InChI=1S/C22H24FN5O2/c1-15(18-4-3-17(24-2)11-19(18)23)27-21-25-12-16(13-26-21)20(29)28-8-5-22(14-28)6-9-30-10-7-22/h3-4,11-13,15H,5-10,14H2,1H3,(H,25,26,27)/t15-/m1/s1. The summed E-state index contributed by atoms with van der Waals surface area (Å²) >= 11 is 0. The number of nitrogens with one attached hydrogen (secondary N) is 1. The van der Waals surface area contributed by atoms with Crippen LogP contribution in [-0.2, 0) is 4.74 Å². The summed E-state index contributed by atoms with van der Waals surface area (Å²) in [6.45, 7) is 11.8. The third-order valence-corrected chi connectivity index (χ3v) is 6.10. The number of amides is 1. The molecule has 156 valence electrons. The fourth-order valence-corrected chi connectivity index (χ4v) is 4.22. The second-order valence-electron chi connectivity index (χ2n) is 8.07. The first-order chi connectivity index (χ1) is 14.5. The molecule has 1 atom stereocenters. The molecule has 2 aliphatic heterocycles. The normalized spacial score (nSPS) is 18.8. The van der Waals surface area contributed by atoms with E-state index in [0.717, 1.165) is 45.6 Å². The molecule has 2 fully saturated rings. The Morgan fingerprint density at radius 1 is 1.30 bits per heavy atom. The van der Waals surface area contributed by atoms with Crippen molar-refractivity contribution in [3.05, 3.63) is 59.0 Å². The molecule has 2 aliphatic rings. The van der Waals surface area contributed by atoms with Gasteiger partial charge in [0.25, 0.3) is 5.91 Å². The number of likely N-dealkylation sites (tertiary alicyclic amines) is 1. The number of aromatic nitrogens is 2. The van der Waals surface area contributed by atoms with E-state index in [-0.39, 0.29) is 17.0 Å². The van der Waals surface area contributed by atoms with E-state index >= 15 is 0 Å². The van der Waals surface area contributed by atoms with Gasteiger partial charge in [-0.1, -0.05) is 12.1 Å². The number of benzene rings is 1. The van der Waals surface area contributed by atoms with Gasteiger partial charge < -0.3 is 15.0 Å². The Labute approximate surface area is 175 Å². The summed E-state index contributed by atoms with van der Waals surface area (Å²) in [4.78, 5) is 26.4. The van der Waals surface area contributed by atoms with Crippen molar-refractivity contribution in [3.8, 4) is 0 Å². The molecule has 1 amide bonds. The predicted molar refractivity (Wildman–Crippen MR) is 110 cm³/mol. The van der Waals surface area contributed by atoms with Crippen LogP contribution in [0.1, 0.15) is 48.1 Å². The van der Waals surface area contributed by atoms with Crippen LogP contribution in [0.4, 0.5) is 16.0 Å². The Morgan fingerprint density at radius 2 is 2.03 bits per heavy atom. The molecule has 0 saturated carbocycles. The van der Waals surface area contributed by atoms with Gasteiger partial charge in [-0.15, -0.1) is 0 Å². The lowest BCUT2D eigenvalue weighted by molar-refractivity contribution is 0.0191. The maximum absolute atomic E-state index is 14.2. The van der Waals surface area contributed by atoms with Gasteiger partial charge in [-0.05, 0) is 37.7 Å². The van der Waals surface area contributed by atoms with E-state index in [1.54, 1.807) is 19.1 Å². The first kappa shape index (κ1) is 20.2. The van der Waals surface area contributed by atoms with Crippen molar-refractivity contribution in [3.63, 3.8) is 0 Å². The number of carbonyl (C=O) groups is 1. The minimum Gasteiger partial charge on any atom is -0.381 e. The van der Waals surface area contributed by atoms with Gasteiger partial charge in [-0.25, -0.2) is 19.2 Å². The van der Waals surface area contributed by atoms with Crippen molar-refractivity contribution in [2.45, 2.75) is 32.2 Å². The molecule has 7 nitrogen and oxygen atoms in total. The van der Waals surface area contributed by atoms with Gasteiger partial charge >= 0.3 is 0 Å². The predicted octanol–water partition coefficient (Wildman–Crippen LogP) is 3.98. The van der Waals surface area contributed by atoms with E-state index < -0.39 is 11.9 Å². The molecule has 3 heterocycles. The van der Waals surface area contributed by atoms with Gasteiger partial charge in [-0.3, -0.25) is 4.79 Å². The third-order valence-electron chi connectivity index (χ3n) is 6.10. The van der Waals surface area contributed by atoms with Crippen molar-refractivity contribution >= 4 is 17.5 Å². The summed E-state index contributed by atoms with van der Waals surface area (Å²) in [5.74, 6) is -0.194. The van der Waals surface area contributed by atoms with Crippen LogP contribution < -0.4 is 5.32 Å². The van der Waals surface area contributed by atoms with Crippen LogP contribution >= 0.6 is 0 Å². The van der Waals surface area contributed by atoms with Crippen molar-refractivity contribution in [2.75, 3.05) is 31.6 Å². The van der Waals surface area contributed by atoms with Crippen LogP contribution in [0.15, 0.2) is 30.6 Å². The second-order valence-corrected chi connectivity index (χ2v) is 8.07. The molecule has 0 aliphatic carbocycles. The Kier molecular flexibility index (Phi) is 5.64. The van der Waals surface area contributed by atoms with Crippen LogP contribution in [-0.4, -0.2) is 47.1 Å². The molecule has 1 aromatic heterocycles. The Morgan fingerprint density at radius 3 is 2.70 bits per heavy atom. The monoisotopic (exact) mass is 409 g/mol. The van der Waals surface area contributed by atoms with E-state index in [4.69, 9.17) is 11.3 Å². The van der Waals surface area contributed by atoms with Crippen molar-refractivity contribution in [1.29, 1.82) is 0 Å². The number of anilines is 1. The summed E-state index contributed by atoms with van der Waals surface area (Å²) < 4.78 is 19.7. The van der Waals surface area contributed by atoms with E-state index in [1.807, 2.05) is 4.90 Å². The lowest BCUT2D eigenvalue weighted by Gasteiger charge is -2.33. The molecular weight excluding hydrogens is 385 g/mol. The van der Waals surface area contributed by atoms with Crippen molar-refractivity contribution in [2.24, 2.45) is 5.41 Å². The van der Waals surface area contributed by atoms with Gasteiger partial charge in [0.1, 0.15) is 5.82 Å². The Bertz CT molecular complexity index is 966. The van der Waals surface area contributed by atoms with Crippen LogP contribution in [0.25, 0.3) is 4.85 Å². The molecule has 4 rings (SSSR count). The van der Waals surface area contributed by atoms with Crippen LogP contribution in [0.2, 0.25) is 0 Å². The zero-order chi connectivity index (χ0) is 21.1. The third kappa shape index (κ3) is 4.12. The van der Waals surface area contributed by atoms with Gasteiger partial charge in [0.2, 0.25) is 5.95 Å². The minimum absolute atomic E-state index is 0.0567. The summed E-state index contributed by atoms with van der Waals surface area (Å²) in [6, 6.07) is 3.98. The molecule has 1 N–H and O–H groups in total. The van der Waals surface area contributed by atoms with Crippen LogP contribution in [0, 0.1) is 17.8 Å². The smallest absolute Gasteiger partial charge is 0.257 e. The van der Waals surface area contributed by atoms with Gasteiger partial charge in [0, 0.05) is 44.3 Å². The van der Waals surface area contributed by atoms with Gasteiger partial charge in [-0.2, -0.15) is 0 Å². The van der Waals surface area contributed by atoms with Crippen LogP contribution in [0.5, 0.6) is 0 Å². The molecular formula is C22H24FN5O2. The molecule has 1 aromatic carbocycles. The molecule has 1 spiro atoms. The minimum atomic E-state index is -0.452. The number of carbonyl (C=O) groups excluding carboxylic acids is 1. The Hall–Kier alpha value is -3.05. The highest BCUT2D eigenvalue weighted by molar-refractivity contribution is 5.94. The second kappa shape index (κ2) is 8.36. The van der Waals surface area contributed by atoms with E-state index in [0.29, 0.717) is 17.1 Å². The number of hydrogen-bond acceptors (Lipinski definition) is 5. The summed E-state index contributed by atoms with van der Waals surface area (Å²) in [5.41, 5.74) is 1.32. The van der Waals surface area contributed by atoms with Crippen LogP contribution in [0.3, 0.4) is 0 Å². The van der Waals surface area contributed by atoms with Gasteiger partial charge in [0.15, 0.2) is 5.69 Å². The zero-order valence-corrected chi connectivity index (χ0v) is 16.9. The fraction of sp³-hybridized carbons (Fsp3) is 0.455. The topological polar surface area (TPSA) is 71.7 Å². The summed E-state index contributed by atoms with van der Waals surface area (Å²) in [7, 11) is 0. The molecule has 30 heavy (non-hydrogen) atoms. The molecule has 0 bridgehead atoms. The highest BCUT2D eigenvalue weighted by Crippen LogP contribution is 2.40. The zero-order valence-electron chi connectivity index (χ0n) is 16.9. The molecule has 2 saturated heterocycles. The number of halogens is 1. The maximum atomic E-state index is 14.2. The first-order valence-corrected chi connectivity index (χ1v) is 10.1. The summed E-state index contributed by atoms with van der Waals surface area (Å²) in [6.07, 6.45) is 6.04. The average Bonchev–Trinajstić information content (AvgIpc) is 3.17. The summed E-state index contributed by atoms with van der Waals surface area (Å²) in [5, 5.41) is 3.04. The first-order valence-electron chi connectivity index (χ1n) is 10.1. The van der Waals surface area contributed by atoms with E-state index in [2.05, 4.69) is 20.1 Å². The number of rotatable bonds is 4. The Balaban J connectivity index is 1.39. The lowest BCUT2D eigenvalue weighted by atomic mass is 9.80.